The monoisotopic (exact) mass is 291 g/mol. The summed E-state index contributed by atoms with van der Waals surface area (Å²) in [5.74, 6) is 0.750. The molecule has 0 aliphatic carbocycles. The smallest absolute Gasteiger partial charge is 0.411 e. The van der Waals surface area contributed by atoms with E-state index in [1.165, 1.54) is 0 Å². The lowest BCUT2D eigenvalue weighted by Gasteiger charge is -2.20. The van der Waals surface area contributed by atoms with Crippen molar-refractivity contribution in [3.8, 4) is 5.75 Å². The summed E-state index contributed by atoms with van der Waals surface area (Å²) in [6, 6.07) is 5.25. The Balaban J connectivity index is 2.72. The first-order valence-corrected chi connectivity index (χ1v) is 6.39. The SMILES string of the molecule is CCNC(COCC(F)(F)F)c1ccc(OC)c(C)c1. The van der Waals surface area contributed by atoms with Crippen molar-refractivity contribution in [2.45, 2.75) is 26.1 Å². The van der Waals surface area contributed by atoms with Gasteiger partial charge in [0.2, 0.25) is 0 Å². The van der Waals surface area contributed by atoms with Crippen molar-refractivity contribution < 1.29 is 22.6 Å². The van der Waals surface area contributed by atoms with Crippen molar-refractivity contribution in [2.24, 2.45) is 0 Å². The zero-order valence-electron chi connectivity index (χ0n) is 11.9. The van der Waals surface area contributed by atoms with Crippen LogP contribution in [0.4, 0.5) is 13.2 Å². The molecule has 0 aliphatic rings. The Hall–Kier alpha value is -1.27. The molecule has 114 valence electrons. The third-order valence-corrected chi connectivity index (χ3v) is 2.82. The summed E-state index contributed by atoms with van der Waals surface area (Å²) in [4.78, 5) is 0. The number of benzene rings is 1. The third-order valence-electron chi connectivity index (χ3n) is 2.82. The van der Waals surface area contributed by atoms with Gasteiger partial charge in [0.05, 0.1) is 19.8 Å². The Morgan fingerprint density at radius 3 is 2.50 bits per heavy atom. The highest BCUT2D eigenvalue weighted by atomic mass is 19.4. The molecule has 20 heavy (non-hydrogen) atoms. The van der Waals surface area contributed by atoms with E-state index in [1.807, 2.05) is 26.0 Å². The predicted molar refractivity (Wildman–Crippen MR) is 71.0 cm³/mol. The summed E-state index contributed by atoms with van der Waals surface area (Å²) in [5.41, 5.74) is 1.82. The zero-order valence-corrected chi connectivity index (χ0v) is 11.9. The van der Waals surface area contributed by atoms with E-state index in [4.69, 9.17) is 9.47 Å². The molecule has 3 nitrogen and oxygen atoms in total. The maximum atomic E-state index is 12.1. The van der Waals surface area contributed by atoms with Crippen LogP contribution in [0.3, 0.4) is 0 Å². The molecule has 1 rings (SSSR count). The molecule has 1 unspecified atom stereocenters. The Kier molecular flexibility index (Phi) is 6.29. The van der Waals surface area contributed by atoms with E-state index in [0.29, 0.717) is 6.54 Å². The molecule has 0 bridgehead atoms. The average molecular weight is 291 g/mol. The van der Waals surface area contributed by atoms with Crippen LogP contribution in [0.25, 0.3) is 0 Å². The average Bonchev–Trinajstić information content (AvgIpc) is 2.36. The number of nitrogens with one attached hydrogen (secondary N) is 1. The summed E-state index contributed by atoms with van der Waals surface area (Å²) < 4.78 is 46.2. The molecule has 6 heteroatoms. The highest BCUT2D eigenvalue weighted by Crippen LogP contribution is 2.23. The van der Waals surface area contributed by atoms with E-state index >= 15 is 0 Å². The van der Waals surface area contributed by atoms with E-state index in [-0.39, 0.29) is 12.6 Å². The summed E-state index contributed by atoms with van der Waals surface area (Å²) in [6.07, 6.45) is -4.30. The Morgan fingerprint density at radius 1 is 1.30 bits per heavy atom. The van der Waals surface area contributed by atoms with Gasteiger partial charge in [0, 0.05) is 0 Å². The largest absolute Gasteiger partial charge is 0.496 e. The van der Waals surface area contributed by atoms with Crippen LogP contribution in [-0.4, -0.2) is 33.0 Å². The number of hydrogen-bond acceptors (Lipinski definition) is 3. The fraction of sp³-hybridized carbons (Fsp3) is 0.571. The molecule has 0 aromatic heterocycles. The maximum absolute atomic E-state index is 12.1. The normalized spacial score (nSPS) is 13.3. The molecule has 0 saturated heterocycles. The molecular weight excluding hydrogens is 271 g/mol. The van der Waals surface area contributed by atoms with Crippen molar-refractivity contribution in [1.29, 1.82) is 0 Å². The van der Waals surface area contributed by atoms with Crippen LogP contribution >= 0.6 is 0 Å². The van der Waals surface area contributed by atoms with E-state index in [2.05, 4.69) is 5.32 Å². The Morgan fingerprint density at radius 2 is 2.00 bits per heavy atom. The second kappa shape index (κ2) is 7.50. The lowest BCUT2D eigenvalue weighted by molar-refractivity contribution is -0.175. The number of ether oxygens (including phenoxy) is 2. The number of halogens is 3. The summed E-state index contributed by atoms with van der Waals surface area (Å²) in [5, 5.41) is 3.12. The first-order chi connectivity index (χ1) is 9.37. The van der Waals surface area contributed by atoms with E-state index in [0.717, 1.165) is 16.9 Å². The number of methoxy groups -OCH3 is 1. The van der Waals surface area contributed by atoms with Crippen LogP contribution in [-0.2, 0) is 4.74 Å². The van der Waals surface area contributed by atoms with Crippen molar-refractivity contribution in [3.05, 3.63) is 29.3 Å². The Labute approximate surface area is 117 Å². The van der Waals surface area contributed by atoms with Gasteiger partial charge in [0.1, 0.15) is 12.4 Å². The number of alkyl halides is 3. The standard InChI is InChI=1S/C14H20F3NO2/c1-4-18-12(8-20-9-14(15,16)17)11-5-6-13(19-3)10(2)7-11/h5-7,12,18H,4,8-9H2,1-3H3. The number of rotatable bonds is 7. The molecule has 0 fully saturated rings. The highest BCUT2D eigenvalue weighted by molar-refractivity contribution is 5.37. The fourth-order valence-electron chi connectivity index (χ4n) is 1.93. The van der Waals surface area contributed by atoms with Gasteiger partial charge < -0.3 is 14.8 Å². The highest BCUT2D eigenvalue weighted by Gasteiger charge is 2.28. The molecule has 0 amide bonds. The molecule has 0 spiro atoms. The minimum absolute atomic E-state index is 0.0287. The van der Waals surface area contributed by atoms with Crippen LogP contribution in [0, 0.1) is 6.92 Å². The van der Waals surface area contributed by atoms with Crippen LogP contribution in [0.15, 0.2) is 18.2 Å². The lowest BCUT2D eigenvalue weighted by Crippen LogP contribution is -2.28. The molecule has 0 radical (unpaired) electrons. The maximum Gasteiger partial charge on any atom is 0.411 e. The molecule has 0 aliphatic heterocycles. The number of likely N-dealkylation sites (N-methyl/N-ethyl adjacent to an activating group) is 1. The van der Waals surface area contributed by atoms with Gasteiger partial charge in [-0.15, -0.1) is 0 Å². The molecule has 1 aromatic carbocycles. The molecule has 0 heterocycles. The second-order valence-electron chi connectivity index (χ2n) is 4.47. The first kappa shape index (κ1) is 16.8. The van der Waals surface area contributed by atoms with Crippen LogP contribution in [0.5, 0.6) is 5.75 Å². The van der Waals surface area contributed by atoms with Crippen LogP contribution in [0.2, 0.25) is 0 Å². The first-order valence-electron chi connectivity index (χ1n) is 6.39. The van der Waals surface area contributed by atoms with Gasteiger partial charge in [0.15, 0.2) is 0 Å². The van der Waals surface area contributed by atoms with Crippen molar-refractivity contribution in [2.75, 3.05) is 26.9 Å². The zero-order chi connectivity index (χ0) is 15.2. The van der Waals surface area contributed by atoms with Crippen molar-refractivity contribution in [1.82, 2.24) is 5.32 Å². The van der Waals surface area contributed by atoms with Crippen molar-refractivity contribution in [3.63, 3.8) is 0 Å². The van der Waals surface area contributed by atoms with Gasteiger partial charge in [-0.05, 0) is 30.7 Å². The summed E-state index contributed by atoms with van der Waals surface area (Å²) in [6.45, 7) is 3.17. The molecular formula is C14H20F3NO2. The van der Waals surface area contributed by atoms with E-state index < -0.39 is 12.8 Å². The van der Waals surface area contributed by atoms with Crippen LogP contribution < -0.4 is 10.1 Å². The van der Waals surface area contributed by atoms with Crippen LogP contribution in [0.1, 0.15) is 24.1 Å². The Bertz CT molecular complexity index is 421. The van der Waals surface area contributed by atoms with Gasteiger partial charge >= 0.3 is 6.18 Å². The predicted octanol–water partition coefficient (Wildman–Crippen LogP) is 3.23. The molecule has 1 N–H and O–H groups in total. The van der Waals surface area contributed by atoms with E-state index in [1.54, 1.807) is 13.2 Å². The number of hydrogen-bond donors (Lipinski definition) is 1. The van der Waals surface area contributed by atoms with Crippen molar-refractivity contribution >= 4 is 0 Å². The second-order valence-corrected chi connectivity index (χ2v) is 4.47. The van der Waals surface area contributed by atoms with Gasteiger partial charge in [-0.1, -0.05) is 19.1 Å². The summed E-state index contributed by atoms with van der Waals surface area (Å²) >= 11 is 0. The number of aryl methyl sites for hydroxylation is 1. The van der Waals surface area contributed by atoms with Gasteiger partial charge in [-0.25, -0.2) is 0 Å². The lowest BCUT2D eigenvalue weighted by atomic mass is 10.0. The fourth-order valence-corrected chi connectivity index (χ4v) is 1.93. The summed E-state index contributed by atoms with van der Waals surface area (Å²) in [7, 11) is 1.58. The third kappa shape index (κ3) is 5.38. The van der Waals surface area contributed by atoms with Gasteiger partial charge in [0.25, 0.3) is 0 Å². The molecule has 1 atom stereocenters. The minimum Gasteiger partial charge on any atom is -0.496 e. The quantitative estimate of drug-likeness (QED) is 0.836. The minimum atomic E-state index is -4.30. The van der Waals surface area contributed by atoms with Gasteiger partial charge in [-0.2, -0.15) is 13.2 Å². The van der Waals surface area contributed by atoms with Gasteiger partial charge in [-0.3, -0.25) is 0 Å². The molecule has 0 saturated carbocycles. The molecule has 1 aromatic rings. The van der Waals surface area contributed by atoms with E-state index in [9.17, 15) is 13.2 Å². The topological polar surface area (TPSA) is 30.5 Å².